The molecule has 2 heterocycles. The minimum atomic E-state index is 0.156. The molecule has 94 valence electrons. The number of para-hydroxylation sites is 1. The molecular weight excluding hydrogens is 242 g/mol. The molecule has 0 aliphatic heterocycles. The Bertz CT molecular complexity index is 708. The van der Waals surface area contributed by atoms with Crippen LogP contribution < -0.4 is 0 Å². The molecule has 3 rings (SSSR count). The van der Waals surface area contributed by atoms with Gasteiger partial charge >= 0.3 is 0 Å². The highest BCUT2D eigenvalue weighted by molar-refractivity contribution is 5.66. The largest absolute Gasteiger partial charge is 0.507 e. The maximum Gasteiger partial charge on any atom is 0.262 e. The predicted octanol–water partition coefficient (Wildman–Crippen LogP) is 2.81. The summed E-state index contributed by atoms with van der Waals surface area (Å²) in [4.78, 5) is 8.28. The smallest absolute Gasteiger partial charge is 0.262 e. The van der Waals surface area contributed by atoms with E-state index in [-0.39, 0.29) is 5.75 Å². The van der Waals surface area contributed by atoms with E-state index in [4.69, 9.17) is 4.52 Å². The average molecular weight is 253 g/mol. The van der Waals surface area contributed by atoms with Gasteiger partial charge in [0.15, 0.2) is 0 Å². The molecular formula is C14H11N3O2. The standard InChI is InChI=1S/C14H11N3O2/c1-9-4-2-6-11(12(9)18)14-16-13(17-19-14)10-5-3-7-15-8-10/h2-8,18H,1H3. The molecule has 3 aromatic rings. The first-order chi connectivity index (χ1) is 9.25. The maximum absolute atomic E-state index is 9.99. The SMILES string of the molecule is Cc1cccc(-c2nc(-c3cccnc3)no2)c1O. The summed E-state index contributed by atoms with van der Waals surface area (Å²) in [7, 11) is 0. The van der Waals surface area contributed by atoms with Gasteiger partial charge in [-0.25, -0.2) is 0 Å². The molecule has 0 saturated heterocycles. The number of pyridine rings is 1. The first kappa shape index (κ1) is 11.4. The van der Waals surface area contributed by atoms with Crippen LogP contribution in [0.25, 0.3) is 22.8 Å². The average Bonchev–Trinajstić information content (AvgIpc) is 2.92. The number of phenols is 1. The van der Waals surface area contributed by atoms with Crippen molar-refractivity contribution in [3.8, 4) is 28.6 Å². The molecule has 0 fully saturated rings. The molecule has 0 bridgehead atoms. The summed E-state index contributed by atoms with van der Waals surface area (Å²) in [5.74, 6) is 0.896. The molecule has 0 atom stereocenters. The molecule has 5 heteroatoms. The molecule has 0 saturated carbocycles. The highest BCUT2D eigenvalue weighted by Gasteiger charge is 2.14. The van der Waals surface area contributed by atoms with Crippen molar-refractivity contribution in [3.63, 3.8) is 0 Å². The fourth-order valence-electron chi connectivity index (χ4n) is 1.78. The fourth-order valence-corrected chi connectivity index (χ4v) is 1.78. The number of aryl methyl sites for hydroxylation is 1. The number of hydrogen-bond donors (Lipinski definition) is 1. The van der Waals surface area contributed by atoms with Gasteiger partial charge in [0.25, 0.3) is 5.89 Å². The minimum Gasteiger partial charge on any atom is -0.507 e. The highest BCUT2D eigenvalue weighted by atomic mass is 16.5. The van der Waals surface area contributed by atoms with Gasteiger partial charge in [-0.05, 0) is 30.7 Å². The van der Waals surface area contributed by atoms with Gasteiger partial charge in [0.2, 0.25) is 5.82 Å². The van der Waals surface area contributed by atoms with Crippen LogP contribution in [0.4, 0.5) is 0 Å². The molecule has 2 aromatic heterocycles. The Labute approximate surface area is 109 Å². The molecule has 19 heavy (non-hydrogen) atoms. The summed E-state index contributed by atoms with van der Waals surface area (Å²) >= 11 is 0. The molecule has 1 N–H and O–H groups in total. The second-order valence-corrected chi connectivity index (χ2v) is 4.14. The number of aromatic hydroxyl groups is 1. The van der Waals surface area contributed by atoms with Crippen LogP contribution in [0.1, 0.15) is 5.56 Å². The Morgan fingerprint density at radius 3 is 2.84 bits per heavy atom. The van der Waals surface area contributed by atoms with E-state index in [1.54, 1.807) is 24.5 Å². The van der Waals surface area contributed by atoms with Crippen molar-refractivity contribution in [2.45, 2.75) is 6.92 Å². The Morgan fingerprint density at radius 2 is 2.05 bits per heavy atom. The lowest BCUT2D eigenvalue weighted by atomic mass is 10.1. The normalized spacial score (nSPS) is 10.6. The van der Waals surface area contributed by atoms with Crippen molar-refractivity contribution in [1.82, 2.24) is 15.1 Å². The summed E-state index contributed by atoms with van der Waals surface area (Å²) in [6.45, 7) is 1.82. The van der Waals surface area contributed by atoms with Gasteiger partial charge in [0.05, 0.1) is 5.56 Å². The van der Waals surface area contributed by atoms with Crippen LogP contribution in [0.15, 0.2) is 47.2 Å². The lowest BCUT2D eigenvalue weighted by Crippen LogP contribution is -1.84. The number of nitrogens with zero attached hydrogens (tertiary/aromatic N) is 3. The van der Waals surface area contributed by atoms with Crippen LogP contribution in [0.2, 0.25) is 0 Å². The van der Waals surface area contributed by atoms with E-state index in [1.807, 2.05) is 25.1 Å². The van der Waals surface area contributed by atoms with Crippen molar-refractivity contribution in [2.24, 2.45) is 0 Å². The number of aromatic nitrogens is 3. The van der Waals surface area contributed by atoms with Crippen LogP contribution in [0.5, 0.6) is 5.75 Å². The van der Waals surface area contributed by atoms with Crippen molar-refractivity contribution in [2.75, 3.05) is 0 Å². The van der Waals surface area contributed by atoms with Crippen LogP contribution in [0, 0.1) is 6.92 Å². The van der Waals surface area contributed by atoms with Crippen molar-refractivity contribution in [3.05, 3.63) is 48.3 Å². The highest BCUT2D eigenvalue weighted by Crippen LogP contribution is 2.31. The van der Waals surface area contributed by atoms with Crippen LogP contribution in [0.3, 0.4) is 0 Å². The topological polar surface area (TPSA) is 72.0 Å². The van der Waals surface area contributed by atoms with Gasteiger partial charge in [-0.3, -0.25) is 4.98 Å². The molecule has 0 aliphatic carbocycles. The molecule has 0 unspecified atom stereocenters. The third-order valence-electron chi connectivity index (χ3n) is 2.81. The summed E-state index contributed by atoms with van der Waals surface area (Å²) in [6, 6.07) is 9.03. The monoisotopic (exact) mass is 253 g/mol. The zero-order valence-corrected chi connectivity index (χ0v) is 10.2. The lowest BCUT2D eigenvalue weighted by Gasteiger charge is -2.01. The molecule has 5 nitrogen and oxygen atoms in total. The van der Waals surface area contributed by atoms with Gasteiger partial charge in [-0.2, -0.15) is 4.98 Å². The van der Waals surface area contributed by atoms with Crippen molar-refractivity contribution >= 4 is 0 Å². The maximum atomic E-state index is 9.99. The van der Waals surface area contributed by atoms with E-state index in [1.165, 1.54) is 0 Å². The van der Waals surface area contributed by atoms with Gasteiger partial charge < -0.3 is 9.63 Å². The summed E-state index contributed by atoms with van der Waals surface area (Å²) in [5.41, 5.74) is 2.06. The third kappa shape index (κ3) is 2.06. The first-order valence-electron chi connectivity index (χ1n) is 5.79. The van der Waals surface area contributed by atoms with Crippen LogP contribution in [-0.2, 0) is 0 Å². The zero-order chi connectivity index (χ0) is 13.2. The van der Waals surface area contributed by atoms with Gasteiger partial charge in [-0.15, -0.1) is 0 Å². The summed E-state index contributed by atoms with van der Waals surface area (Å²) in [5, 5.41) is 13.9. The van der Waals surface area contributed by atoms with E-state index in [2.05, 4.69) is 15.1 Å². The minimum absolute atomic E-state index is 0.156. The van der Waals surface area contributed by atoms with Gasteiger partial charge in [0.1, 0.15) is 5.75 Å². The van der Waals surface area contributed by atoms with E-state index in [0.29, 0.717) is 17.3 Å². The first-order valence-corrected chi connectivity index (χ1v) is 5.79. The van der Waals surface area contributed by atoms with Crippen molar-refractivity contribution < 1.29 is 9.63 Å². The molecule has 1 aromatic carbocycles. The van der Waals surface area contributed by atoms with E-state index in [9.17, 15) is 5.11 Å². The number of hydrogen-bond acceptors (Lipinski definition) is 5. The predicted molar refractivity (Wildman–Crippen MR) is 69.4 cm³/mol. The third-order valence-corrected chi connectivity index (χ3v) is 2.81. The van der Waals surface area contributed by atoms with E-state index in [0.717, 1.165) is 11.1 Å². The Hall–Kier alpha value is -2.69. The van der Waals surface area contributed by atoms with E-state index < -0.39 is 0 Å². The Morgan fingerprint density at radius 1 is 1.16 bits per heavy atom. The molecule has 0 aliphatic rings. The Balaban J connectivity index is 2.05. The van der Waals surface area contributed by atoms with Gasteiger partial charge in [0, 0.05) is 18.0 Å². The summed E-state index contributed by atoms with van der Waals surface area (Å²) < 4.78 is 5.19. The number of benzene rings is 1. The van der Waals surface area contributed by atoms with E-state index >= 15 is 0 Å². The quantitative estimate of drug-likeness (QED) is 0.760. The molecule has 0 spiro atoms. The number of rotatable bonds is 2. The van der Waals surface area contributed by atoms with Gasteiger partial charge in [-0.1, -0.05) is 17.3 Å². The second kappa shape index (κ2) is 4.53. The Kier molecular flexibility index (Phi) is 2.72. The molecule has 0 amide bonds. The fraction of sp³-hybridized carbons (Fsp3) is 0.0714. The number of phenolic OH excluding ortho intramolecular Hbond substituents is 1. The molecule has 0 radical (unpaired) electrons. The lowest BCUT2D eigenvalue weighted by molar-refractivity contribution is 0.425. The zero-order valence-electron chi connectivity index (χ0n) is 10.2. The second-order valence-electron chi connectivity index (χ2n) is 4.14. The summed E-state index contributed by atoms with van der Waals surface area (Å²) in [6.07, 6.45) is 3.33. The van der Waals surface area contributed by atoms with Crippen LogP contribution >= 0.6 is 0 Å². The van der Waals surface area contributed by atoms with Crippen LogP contribution in [-0.4, -0.2) is 20.2 Å². The van der Waals surface area contributed by atoms with Crippen molar-refractivity contribution in [1.29, 1.82) is 0 Å².